The fourth-order valence-corrected chi connectivity index (χ4v) is 4.06. The Morgan fingerprint density at radius 3 is 2.00 bits per heavy atom. The van der Waals surface area contributed by atoms with Crippen LogP contribution in [0.5, 0.6) is 0 Å². The van der Waals surface area contributed by atoms with Crippen molar-refractivity contribution in [3.63, 3.8) is 0 Å². The van der Waals surface area contributed by atoms with Gasteiger partial charge in [0, 0.05) is 5.69 Å². The number of rotatable bonds is 5. The molecule has 2 amide bonds. The number of carbonyl (C=O) groups excluding carboxylic acids is 2. The van der Waals surface area contributed by atoms with Gasteiger partial charge in [0.15, 0.2) is 0 Å². The second-order valence-corrected chi connectivity index (χ2v) is 8.69. The van der Waals surface area contributed by atoms with Crippen LogP contribution in [-0.4, -0.2) is 16.7 Å². The number of carbonyl (C=O) groups is 2. The SMILES string of the molecule is Cc1ccc(CN2C(=O)C(Nc3cc(C)ccc3C)=C(c3ccc(C)cc3C)C2=O)cc1. The molecule has 0 saturated carbocycles. The molecule has 0 radical (unpaired) electrons. The standard InChI is InChI=1S/C28H28N2O2/c1-17-7-11-22(12-8-17)16-30-27(31)25(23-13-9-18(2)14-21(23)5)26(28(30)32)29-24-15-19(3)6-10-20(24)4/h6-15,29H,16H2,1-5H3. The number of nitrogens with one attached hydrogen (secondary N) is 1. The van der Waals surface area contributed by atoms with Crippen molar-refractivity contribution in [3.05, 3.63) is 105 Å². The van der Waals surface area contributed by atoms with Gasteiger partial charge in [0.2, 0.25) is 0 Å². The lowest BCUT2D eigenvalue weighted by molar-refractivity contribution is -0.137. The molecule has 1 aliphatic rings. The number of imide groups is 1. The van der Waals surface area contributed by atoms with Gasteiger partial charge in [-0.05, 0) is 68.5 Å². The number of amides is 2. The van der Waals surface area contributed by atoms with Crippen molar-refractivity contribution in [3.8, 4) is 0 Å². The maximum Gasteiger partial charge on any atom is 0.278 e. The van der Waals surface area contributed by atoms with Crippen molar-refractivity contribution in [1.82, 2.24) is 4.90 Å². The summed E-state index contributed by atoms with van der Waals surface area (Å²) < 4.78 is 0. The number of aryl methyl sites for hydroxylation is 5. The molecule has 0 saturated heterocycles. The van der Waals surface area contributed by atoms with Gasteiger partial charge in [0.1, 0.15) is 5.70 Å². The highest BCUT2D eigenvalue weighted by Crippen LogP contribution is 2.34. The van der Waals surface area contributed by atoms with Crippen LogP contribution in [0.15, 0.2) is 66.4 Å². The second-order valence-electron chi connectivity index (χ2n) is 8.69. The lowest BCUT2D eigenvalue weighted by Crippen LogP contribution is -2.32. The van der Waals surface area contributed by atoms with Crippen molar-refractivity contribution in [2.24, 2.45) is 0 Å². The minimum Gasteiger partial charge on any atom is -0.350 e. The first-order chi connectivity index (χ1) is 15.2. The van der Waals surface area contributed by atoms with Crippen molar-refractivity contribution < 1.29 is 9.59 Å². The van der Waals surface area contributed by atoms with Crippen LogP contribution < -0.4 is 5.32 Å². The van der Waals surface area contributed by atoms with Gasteiger partial charge in [-0.1, -0.05) is 65.7 Å². The van der Waals surface area contributed by atoms with E-state index in [-0.39, 0.29) is 18.4 Å². The first kappa shape index (κ1) is 21.6. The summed E-state index contributed by atoms with van der Waals surface area (Å²) in [7, 11) is 0. The number of anilines is 1. The van der Waals surface area contributed by atoms with Crippen molar-refractivity contribution in [1.29, 1.82) is 0 Å². The number of hydrogen-bond acceptors (Lipinski definition) is 3. The van der Waals surface area contributed by atoms with Gasteiger partial charge in [0.05, 0.1) is 12.1 Å². The van der Waals surface area contributed by atoms with Crippen LogP contribution in [0.3, 0.4) is 0 Å². The molecule has 0 spiro atoms. The number of benzene rings is 3. The van der Waals surface area contributed by atoms with Crippen LogP contribution in [0.25, 0.3) is 5.57 Å². The first-order valence-corrected chi connectivity index (χ1v) is 10.8. The second kappa shape index (κ2) is 8.46. The molecule has 4 rings (SSSR count). The zero-order valence-electron chi connectivity index (χ0n) is 19.2. The van der Waals surface area contributed by atoms with Crippen LogP contribution in [0.2, 0.25) is 0 Å². The Labute approximate surface area is 189 Å². The Balaban J connectivity index is 1.80. The third-order valence-corrected chi connectivity index (χ3v) is 5.93. The van der Waals surface area contributed by atoms with E-state index >= 15 is 0 Å². The van der Waals surface area contributed by atoms with E-state index in [0.29, 0.717) is 11.3 Å². The van der Waals surface area contributed by atoms with Gasteiger partial charge in [-0.25, -0.2) is 0 Å². The number of nitrogens with zero attached hydrogens (tertiary/aromatic N) is 1. The summed E-state index contributed by atoms with van der Waals surface area (Å²) in [5, 5.41) is 3.31. The Morgan fingerprint density at radius 1 is 0.688 bits per heavy atom. The molecule has 0 fully saturated rings. The van der Waals surface area contributed by atoms with E-state index < -0.39 is 0 Å². The summed E-state index contributed by atoms with van der Waals surface area (Å²) in [5.74, 6) is -0.568. The van der Waals surface area contributed by atoms with Gasteiger partial charge in [-0.15, -0.1) is 0 Å². The van der Waals surface area contributed by atoms with Gasteiger partial charge in [-0.2, -0.15) is 0 Å². The van der Waals surface area contributed by atoms with Gasteiger partial charge in [0.25, 0.3) is 11.8 Å². The monoisotopic (exact) mass is 424 g/mol. The molecule has 0 aromatic heterocycles. The third-order valence-electron chi connectivity index (χ3n) is 5.93. The quantitative estimate of drug-likeness (QED) is 0.541. The van der Waals surface area contributed by atoms with Crippen molar-refractivity contribution in [2.75, 3.05) is 5.32 Å². The zero-order chi connectivity index (χ0) is 23.0. The van der Waals surface area contributed by atoms with Crippen LogP contribution in [0, 0.1) is 34.6 Å². The average molecular weight is 425 g/mol. The molecule has 0 aliphatic carbocycles. The van der Waals surface area contributed by atoms with E-state index in [1.807, 2.05) is 95.3 Å². The predicted molar refractivity (Wildman–Crippen MR) is 129 cm³/mol. The molecule has 0 atom stereocenters. The maximum atomic E-state index is 13.6. The first-order valence-electron chi connectivity index (χ1n) is 10.8. The van der Waals surface area contributed by atoms with E-state index in [1.165, 1.54) is 4.90 Å². The van der Waals surface area contributed by atoms with E-state index in [4.69, 9.17) is 0 Å². The molecule has 0 unspecified atom stereocenters. The van der Waals surface area contributed by atoms with Gasteiger partial charge in [-0.3, -0.25) is 14.5 Å². The highest BCUT2D eigenvalue weighted by Gasteiger charge is 2.39. The normalized spacial score (nSPS) is 13.8. The molecule has 1 aliphatic heterocycles. The smallest absolute Gasteiger partial charge is 0.278 e. The number of hydrogen-bond donors (Lipinski definition) is 1. The Kier molecular flexibility index (Phi) is 5.70. The highest BCUT2D eigenvalue weighted by atomic mass is 16.2. The van der Waals surface area contributed by atoms with E-state index in [1.54, 1.807) is 0 Å². The molecule has 32 heavy (non-hydrogen) atoms. The lowest BCUT2D eigenvalue weighted by Gasteiger charge is -2.16. The van der Waals surface area contributed by atoms with Crippen molar-refractivity contribution >= 4 is 23.1 Å². The van der Waals surface area contributed by atoms with Crippen LogP contribution >= 0.6 is 0 Å². The molecule has 0 bridgehead atoms. The fourth-order valence-electron chi connectivity index (χ4n) is 4.06. The minimum atomic E-state index is -0.300. The van der Waals surface area contributed by atoms with Gasteiger partial charge < -0.3 is 5.32 Å². The topological polar surface area (TPSA) is 49.4 Å². The maximum absolute atomic E-state index is 13.6. The van der Waals surface area contributed by atoms with E-state index in [2.05, 4.69) is 5.32 Å². The average Bonchev–Trinajstić information content (AvgIpc) is 2.97. The Bertz CT molecular complexity index is 1250. The largest absolute Gasteiger partial charge is 0.350 e. The molecular weight excluding hydrogens is 396 g/mol. The van der Waals surface area contributed by atoms with E-state index in [0.717, 1.165) is 44.6 Å². The zero-order valence-corrected chi connectivity index (χ0v) is 19.2. The summed E-state index contributed by atoms with van der Waals surface area (Å²) in [5.41, 5.74) is 8.63. The Hall–Kier alpha value is -3.66. The van der Waals surface area contributed by atoms with Crippen molar-refractivity contribution in [2.45, 2.75) is 41.2 Å². The summed E-state index contributed by atoms with van der Waals surface area (Å²) in [6.45, 7) is 10.3. The summed E-state index contributed by atoms with van der Waals surface area (Å²) in [6.07, 6.45) is 0. The molecule has 1 heterocycles. The summed E-state index contributed by atoms with van der Waals surface area (Å²) >= 11 is 0. The summed E-state index contributed by atoms with van der Waals surface area (Å²) in [6, 6.07) is 19.9. The molecule has 4 heteroatoms. The third kappa shape index (κ3) is 4.09. The lowest BCUT2D eigenvalue weighted by atomic mass is 9.97. The van der Waals surface area contributed by atoms with Crippen LogP contribution in [-0.2, 0) is 16.1 Å². The molecule has 4 nitrogen and oxygen atoms in total. The fraction of sp³-hybridized carbons (Fsp3) is 0.214. The van der Waals surface area contributed by atoms with Crippen LogP contribution in [0.1, 0.15) is 38.9 Å². The predicted octanol–water partition coefficient (Wildman–Crippen LogP) is 5.62. The van der Waals surface area contributed by atoms with E-state index in [9.17, 15) is 9.59 Å². The molecule has 162 valence electrons. The van der Waals surface area contributed by atoms with Crippen LogP contribution in [0.4, 0.5) is 5.69 Å². The molecule has 1 N–H and O–H groups in total. The summed E-state index contributed by atoms with van der Waals surface area (Å²) in [4.78, 5) is 28.5. The molecular formula is C28H28N2O2. The Morgan fingerprint density at radius 2 is 1.31 bits per heavy atom. The molecule has 3 aromatic rings. The van der Waals surface area contributed by atoms with Gasteiger partial charge >= 0.3 is 0 Å². The highest BCUT2D eigenvalue weighted by molar-refractivity contribution is 6.36. The molecule has 3 aromatic carbocycles. The minimum absolute atomic E-state index is 0.240.